The van der Waals surface area contributed by atoms with Gasteiger partial charge in [0, 0.05) is 19.0 Å². The highest BCUT2D eigenvalue weighted by Crippen LogP contribution is 2.29. The third kappa shape index (κ3) is 5.53. The summed E-state index contributed by atoms with van der Waals surface area (Å²) in [6.07, 6.45) is -0.131. The summed E-state index contributed by atoms with van der Waals surface area (Å²) in [7, 11) is 2.03. The lowest BCUT2D eigenvalue weighted by Gasteiger charge is -2.31. The van der Waals surface area contributed by atoms with Crippen molar-refractivity contribution in [2.24, 2.45) is 0 Å². The SMILES string of the molecule is CN1CCCCC1CC(=O)NCCc1cccc(C(F)(F)F)c1. The number of hydrogen-bond donors (Lipinski definition) is 1. The van der Waals surface area contributed by atoms with Crippen molar-refractivity contribution >= 4 is 5.91 Å². The van der Waals surface area contributed by atoms with Crippen molar-refractivity contribution in [2.75, 3.05) is 20.1 Å². The van der Waals surface area contributed by atoms with E-state index in [1.54, 1.807) is 6.07 Å². The lowest BCUT2D eigenvalue weighted by atomic mass is 10.00. The fourth-order valence-electron chi connectivity index (χ4n) is 2.94. The van der Waals surface area contributed by atoms with E-state index < -0.39 is 11.7 Å². The largest absolute Gasteiger partial charge is 0.416 e. The van der Waals surface area contributed by atoms with Gasteiger partial charge in [-0.2, -0.15) is 13.2 Å². The van der Waals surface area contributed by atoms with E-state index in [9.17, 15) is 18.0 Å². The Hall–Kier alpha value is -1.56. The van der Waals surface area contributed by atoms with Gasteiger partial charge in [0.15, 0.2) is 0 Å². The third-order valence-corrected chi connectivity index (χ3v) is 4.33. The second kappa shape index (κ2) is 7.81. The number of hydrogen-bond acceptors (Lipinski definition) is 2. The maximum Gasteiger partial charge on any atom is 0.416 e. The van der Waals surface area contributed by atoms with Gasteiger partial charge in [-0.05, 0) is 44.5 Å². The quantitative estimate of drug-likeness (QED) is 0.900. The predicted molar refractivity (Wildman–Crippen MR) is 83.0 cm³/mol. The highest BCUT2D eigenvalue weighted by atomic mass is 19.4. The fraction of sp³-hybridized carbons (Fsp3) is 0.588. The second-order valence-electron chi connectivity index (χ2n) is 6.13. The number of benzene rings is 1. The van der Waals surface area contributed by atoms with Crippen LogP contribution in [-0.4, -0.2) is 37.0 Å². The van der Waals surface area contributed by atoms with Crippen LogP contribution in [0.5, 0.6) is 0 Å². The van der Waals surface area contributed by atoms with Crippen LogP contribution in [0.2, 0.25) is 0 Å². The molecule has 1 saturated heterocycles. The number of nitrogens with zero attached hydrogens (tertiary/aromatic N) is 1. The van der Waals surface area contributed by atoms with Crippen molar-refractivity contribution in [2.45, 2.75) is 44.3 Å². The Morgan fingerprint density at radius 2 is 2.13 bits per heavy atom. The maximum atomic E-state index is 12.6. The molecule has 0 saturated carbocycles. The van der Waals surface area contributed by atoms with E-state index in [0.717, 1.165) is 31.5 Å². The van der Waals surface area contributed by atoms with E-state index in [0.29, 0.717) is 24.9 Å². The van der Waals surface area contributed by atoms with Gasteiger partial charge in [0.25, 0.3) is 0 Å². The van der Waals surface area contributed by atoms with Gasteiger partial charge in [0.1, 0.15) is 0 Å². The molecule has 23 heavy (non-hydrogen) atoms. The van der Waals surface area contributed by atoms with Gasteiger partial charge in [-0.1, -0.05) is 24.6 Å². The number of halogens is 3. The lowest BCUT2D eigenvalue weighted by molar-refractivity contribution is -0.137. The number of alkyl halides is 3. The molecule has 0 spiro atoms. The summed E-state index contributed by atoms with van der Waals surface area (Å²) in [4.78, 5) is 14.2. The van der Waals surface area contributed by atoms with Crippen molar-refractivity contribution in [3.63, 3.8) is 0 Å². The first-order chi connectivity index (χ1) is 10.9. The summed E-state index contributed by atoms with van der Waals surface area (Å²) in [5, 5.41) is 2.81. The molecule has 1 unspecified atom stereocenters. The molecular formula is C17H23F3N2O. The lowest BCUT2D eigenvalue weighted by Crippen LogP contribution is -2.40. The van der Waals surface area contributed by atoms with E-state index in [1.807, 2.05) is 7.05 Å². The van der Waals surface area contributed by atoms with Crippen LogP contribution < -0.4 is 5.32 Å². The molecule has 0 aliphatic carbocycles. The van der Waals surface area contributed by atoms with Crippen molar-refractivity contribution in [1.82, 2.24) is 10.2 Å². The Morgan fingerprint density at radius 1 is 1.35 bits per heavy atom. The Kier molecular flexibility index (Phi) is 6.04. The third-order valence-electron chi connectivity index (χ3n) is 4.33. The van der Waals surface area contributed by atoms with Crippen LogP contribution in [0.1, 0.15) is 36.8 Å². The first-order valence-corrected chi connectivity index (χ1v) is 7.99. The topological polar surface area (TPSA) is 32.3 Å². The molecule has 6 heteroatoms. The summed E-state index contributed by atoms with van der Waals surface area (Å²) >= 11 is 0. The molecular weight excluding hydrogens is 305 g/mol. The molecule has 128 valence electrons. The van der Waals surface area contributed by atoms with Gasteiger partial charge in [0.05, 0.1) is 5.56 Å². The number of likely N-dealkylation sites (tertiary alicyclic amines) is 1. The molecule has 1 amide bonds. The Morgan fingerprint density at radius 3 is 2.83 bits per heavy atom. The van der Waals surface area contributed by atoms with Gasteiger partial charge >= 0.3 is 6.18 Å². The van der Waals surface area contributed by atoms with Crippen molar-refractivity contribution < 1.29 is 18.0 Å². The summed E-state index contributed by atoms with van der Waals surface area (Å²) in [5.41, 5.74) is -0.0694. The van der Waals surface area contributed by atoms with Gasteiger partial charge < -0.3 is 10.2 Å². The van der Waals surface area contributed by atoms with E-state index in [1.165, 1.54) is 12.5 Å². The number of amides is 1. The normalized spacial score (nSPS) is 19.6. The average Bonchev–Trinajstić information content (AvgIpc) is 2.49. The molecule has 1 N–H and O–H groups in total. The zero-order valence-electron chi connectivity index (χ0n) is 13.3. The minimum atomic E-state index is -4.33. The van der Waals surface area contributed by atoms with Gasteiger partial charge in [0.2, 0.25) is 5.91 Å². The van der Waals surface area contributed by atoms with Crippen LogP contribution in [-0.2, 0) is 17.4 Å². The second-order valence-corrected chi connectivity index (χ2v) is 6.13. The van der Waals surface area contributed by atoms with Crippen LogP contribution in [0.3, 0.4) is 0 Å². The zero-order valence-corrected chi connectivity index (χ0v) is 13.3. The minimum absolute atomic E-state index is 0.0317. The molecule has 1 aromatic rings. The van der Waals surface area contributed by atoms with Crippen LogP contribution in [0.25, 0.3) is 0 Å². The first-order valence-electron chi connectivity index (χ1n) is 7.99. The van der Waals surface area contributed by atoms with Crippen molar-refractivity contribution in [3.05, 3.63) is 35.4 Å². The molecule has 1 heterocycles. The van der Waals surface area contributed by atoms with Crippen LogP contribution in [0, 0.1) is 0 Å². The molecule has 1 atom stereocenters. The van der Waals surface area contributed by atoms with E-state index in [-0.39, 0.29) is 11.9 Å². The number of nitrogens with one attached hydrogen (secondary N) is 1. The van der Waals surface area contributed by atoms with Crippen molar-refractivity contribution in [1.29, 1.82) is 0 Å². The minimum Gasteiger partial charge on any atom is -0.356 e. The molecule has 1 aliphatic heterocycles. The summed E-state index contributed by atoms with van der Waals surface area (Å²) in [5.74, 6) is -0.0317. The number of piperidine rings is 1. The maximum absolute atomic E-state index is 12.6. The molecule has 1 aliphatic rings. The van der Waals surface area contributed by atoms with E-state index in [2.05, 4.69) is 10.2 Å². The fourth-order valence-corrected chi connectivity index (χ4v) is 2.94. The molecule has 2 rings (SSSR count). The van der Waals surface area contributed by atoms with Gasteiger partial charge in [-0.3, -0.25) is 4.79 Å². The number of rotatable bonds is 5. The van der Waals surface area contributed by atoms with E-state index in [4.69, 9.17) is 0 Å². The van der Waals surface area contributed by atoms with Crippen LogP contribution >= 0.6 is 0 Å². The molecule has 0 bridgehead atoms. The Balaban J connectivity index is 1.77. The van der Waals surface area contributed by atoms with Crippen molar-refractivity contribution in [3.8, 4) is 0 Å². The summed E-state index contributed by atoms with van der Waals surface area (Å²) < 4.78 is 37.9. The zero-order chi connectivity index (χ0) is 16.9. The monoisotopic (exact) mass is 328 g/mol. The van der Waals surface area contributed by atoms with Gasteiger partial charge in [-0.15, -0.1) is 0 Å². The number of carbonyl (C=O) groups is 1. The smallest absolute Gasteiger partial charge is 0.356 e. The summed E-state index contributed by atoms with van der Waals surface area (Å²) in [6.45, 7) is 1.37. The van der Waals surface area contributed by atoms with Crippen LogP contribution in [0.15, 0.2) is 24.3 Å². The average molecular weight is 328 g/mol. The van der Waals surface area contributed by atoms with E-state index >= 15 is 0 Å². The Labute approximate surface area is 134 Å². The summed E-state index contributed by atoms with van der Waals surface area (Å²) in [6, 6.07) is 5.52. The molecule has 1 fully saturated rings. The molecule has 0 aromatic heterocycles. The highest BCUT2D eigenvalue weighted by Gasteiger charge is 2.30. The van der Waals surface area contributed by atoms with Gasteiger partial charge in [-0.25, -0.2) is 0 Å². The molecule has 0 radical (unpaired) electrons. The first kappa shape index (κ1) is 17.8. The molecule has 1 aromatic carbocycles. The standard InChI is InChI=1S/C17H23F3N2O/c1-22-10-3-2-7-15(22)12-16(23)21-9-8-13-5-4-6-14(11-13)17(18,19)20/h4-6,11,15H,2-3,7-10,12H2,1H3,(H,21,23). The highest BCUT2D eigenvalue weighted by molar-refractivity contribution is 5.76. The molecule has 3 nitrogen and oxygen atoms in total. The predicted octanol–water partition coefficient (Wildman–Crippen LogP) is 3.24. The Bertz CT molecular complexity index is 531. The van der Waals surface area contributed by atoms with Crippen LogP contribution in [0.4, 0.5) is 13.2 Å². The number of carbonyl (C=O) groups excluding carboxylic acids is 1.